The number of nitrogens with two attached hydrogens (primary N) is 1. The fourth-order valence-electron chi connectivity index (χ4n) is 2.52. The van der Waals surface area contributed by atoms with E-state index in [2.05, 4.69) is 25.6 Å². The Morgan fingerprint density at radius 3 is 2.91 bits per heavy atom. The van der Waals surface area contributed by atoms with E-state index >= 15 is 0 Å². The predicted molar refractivity (Wildman–Crippen MR) is 82.5 cm³/mol. The second-order valence-electron chi connectivity index (χ2n) is 5.29. The van der Waals surface area contributed by atoms with E-state index in [9.17, 15) is 4.79 Å². The number of nitrogens with one attached hydrogen (secondary N) is 2. The number of hydrogen-bond donors (Lipinski definition) is 3. The van der Waals surface area contributed by atoms with Crippen LogP contribution in [0.3, 0.4) is 0 Å². The Morgan fingerprint density at radius 1 is 1.32 bits per heavy atom. The standard InChI is InChI=1S/C15H18N6O/c16-15(22)13-9-20-11(5-12-8-18-3-4-19-12)6-14(13)21-10-1-2-17-7-10/h3-4,6,8-10,17H,1-2,5,7H2,(H2,16,22)(H,20,21)/t10-/m1/s1. The van der Waals surface area contributed by atoms with Crippen LogP contribution in [-0.4, -0.2) is 40.0 Å². The Bertz CT molecular complexity index is 654. The minimum atomic E-state index is -0.480. The van der Waals surface area contributed by atoms with Gasteiger partial charge in [0, 0.05) is 49.5 Å². The van der Waals surface area contributed by atoms with E-state index in [1.807, 2.05) is 6.07 Å². The molecule has 4 N–H and O–H groups in total. The first kappa shape index (κ1) is 14.4. The molecule has 2 aromatic rings. The van der Waals surface area contributed by atoms with Crippen molar-refractivity contribution in [2.45, 2.75) is 18.9 Å². The second-order valence-corrected chi connectivity index (χ2v) is 5.29. The van der Waals surface area contributed by atoms with Crippen molar-refractivity contribution in [3.63, 3.8) is 0 Å². The normalized spacial score (nSPS) is 17.4. The van der Waals surface area contributed by atoms with Gasteiger partial charge in [-0.2, -0.15) is 0 Å². The summed E-state index contributed by atoms with van der Waals surface area (Å²) in [5.74, 6) is -0.480. The van der Waals surface area contributed by atoms with Gasteiger partial charge in [0.1, 0.15) is 0 Å². The van der Waals surface area contributed by atoms with E-state index in [1.54, 1.807) is 18.6 Å². The highest BCUT2D eigenvalue weighted by Gasteiger charge is 2.18. The zero-order chi connectivity index (χ0) is 15.4. The quantitative estimate of drug-likeness (QED) is 0.735. The maximum Gasteiger partial charge on any atom is 0.252 e. The maximum absolute atomic E-state index is 11.6. The fraction of sp³-hybridized carbons (Fsp3) is 0.333. The number of primary amides is 1. The van der Waals surface area contributed by atoms with Gasteiger partial charge in [0.05, 0.1) is 16.9 Å². The summed E-state index contributed by atoms with van der Waals surface area (Å²) < 4.78 is 0. The number of nitrogens with zero attached hydrogens (tertiary/aromatic N) is 3. The third kappa shape index (κ3) is 3.37. The number of pyridine rings is 1. The molecule has 3 rings (SSSR count). The topological polar surface area (TPSA) is 106 Å². The maximum atomic E-state index is 11.6. The number of amides is 1. The van der Waals surface area contributed by atoms with Crippen LogP contribution in [0.1, 0.15) is 28.2 Å². The molecule has 0 aliphatic carbocycles. The first-order chi connectivity index (χ1) is 10.7. The fourth-order valence-corrected chi connectivity index (χ4v) is 2.52. The van der Waals surface area contributed by atoms with Crippen LogP contribution < -0.4 is 16.4 Å². The molecule has 2 aromatic heterocycles. The molecule has 0 saturated carbocycles. The smallest absolute Gasteiger partial charge is 0.252 e. The van der Waals surface area contributed by atoms with Crippen LogP contribution in [0.5, 0.6) is 0 Å². The molecule has 1 atom stereocenters. The van der Waals surface area contributed by atoms with E-state index in [0.717, 1.165) is 36.6 Å². The molecule has 1 aliphatic rings. The van der Waals surface area contributed by atoms with E-state index in [-0.39, 0.29) is 0 Å². The molecule has 22 heavy (non-hydrogen) atoms. The molecule has 7 heteroatoms. The molecule has 0 unspecified atom stereocenters. The van der Waals surface area contributed by atoms with Crippen LogP contribution in [0.15, 0.2) is 30.9 Å². The number of hydrogen-bond acceptors (Lipinski definition) is 6. The summed E-state index contributed by atoms with van der Waals surface area (Å²) in [5.41, 5.74) is 8.23. The van der Waals surface area contributed by atoms with Gasteiger partial charge in [0.15, 0.2) is 0 Å². The number of carbonyl (C=O) groups excluding carboxylic acids is 1. The van der Waals surface area contributed by atoms with Crippen molar-refractivity contribution in [2.24, 2.45) is 5.73 Å². The first-order valence-corrected chi connectivity index (χ1v) is 7.23. The van der Waals surface area contributed by atoms with Gasteiger partial charge < -0.3 is 16.4 Å². The number of anilines is 1. The molecule has 1 aliphatic heterocycles. The highest BCUT2D eigenvalue weighted by molar-refractivity contribution is 5.98. The largest absolute Gasteiger partial charge is 0.380 e. The summed E-state index contributed by atoms with van der Waals surface area (Å²) in [5, 5.41) is 6.66. The molecule has 7 nitrogen and oxygen atoms in total. The Kier molecular flexibility index (Phi) is 4.24. The van der Waals surface area contributed by atoms with E-state index in [0.29, 0.717) is 18.0 Å². The minimum Gasteiger partial charge on any atom is -0.380 e. The van der Waals surface area contributed by atoms with E-state index < -0.39 is 5.91 Å². The van der Waals surface area contributed by atoms with Gasteiger partial charge in [-0.1, -0.05) is 0 Å². The lowest BCUT2D eigenvalue weighted by Gasteiger charge is -2.16. The molecule has 1 saturated heterocycles. The Hall–Kier alpha value is -2.54. The van der Waals surface area contributed by atoms with Crippen LogP contribution in [-0.2, 0) is 6.42 Å². The van der Waals surface area contributed by atoms with Crippen molar-refractivity contribution in [2.75, 3.05) is 18.4 Å². The molecule has 114 valence electrons. The van der Waals surface area contributed by atoms with Gasteiger partial charge in [-0.15, -0.1) is 0 Å². The molecule has 0 radical (unpaired) electrons. The molecule has 0 aromatic carbocycles. The van der Waals surface area contributed by atoms with Gasteiger partial charge in [0.25, 0.3) is 5.91 Å². The summed E-state index contributed by atoms with van der Waals surface area (Å²) in [6.07, 6.45) is 8.09. The van der Waals surface area contributed by atoms with E-state index in [1.165, 1.54) is 6.20 Å². The summed E-state index contributed by atoms with van der Waals surface area (Å²) in [6.45, 7) is 1.85. The van der Waals surface area contributed by atoms with Gasteiger partial charge in [-0.05, 0) is 19.0 Å². The van der Waals surface area contributed by atoms with Crippen molar-refractivity contribution in [3.05, 3.63) is 47.8 Å². The predicted octanol–water partition coefficient (Wildman–Crippen LogP) is 0.335. The monoisotopic (exact) mass is 298 g/mol. The Balaban J connectivity index is 1.84. The highest BCUT2D eigenvalue weighted by Crippen LogP contribution is 2.19. The molecule has 1 amide bonds. The molecular weight excluding hydrogens is 280 g/mol. The average Bonchev–Trinajstić information content (AvgIpc) is 3.01. The van der Waals surface area contributed by atoms with Crippen LogP contribution in [0.25, 0.3) is 0 Å². The molecule has 0 spiro atoms. The molecular formula is C15H18N6O. The Labute approximate surface area is 128 Å². The molecule has 3 heterocycles. The van der Waals surface area contributed by atoms with Crippen molar-refractivity contribution >= 4 is 11.6 Å². The lowest BCUT2D eigenvalue weighted by molar-refractivity contribution is 0.100. The number of rotatable bonds is 5. The van der Waals surface area contributed by atoms with Crippen molar-refractivity contribution < 1.29 is 4.79 Å². The SMILES string of the molecule is NC(=O)c1cnc(Cc2cnccn2)cc1N[C@@H]1CCNC1. The molecule has 1 fully saturated rings. The Morgan fingerprint density at radius 2 is 2.23 bits per heavy atom. The van der Waals surface area contributed by atoms with Crippen LogP contribution in [0.4, 0.5) is 5.69 Å². The van der Waals surface area contributed by atoms with Crippen LogP contribution in [0, 0.1) is 0 Å². The summed E-state index contributed by atoms with van der Waals surface area (Å²) in [4.78, 5) is 24.2. The summed E-state index contributed by atoms with van der Waals surface area (Å²) in [6, 6.07) is 2.16. The summed E-state index contributed by atoms with van der Waals surface area (Å²) >= 11 is 0. The number of aromatic nitrogens is 3. The minimum absolute atomic E-state index is 0.296. The highest BCUT2D eigenvalue weighted by atomic mass is 16.1. The van der Waals surface area contributed by atoms with Gasteiger partial charge in [0.2, 0.25) is 0 Å². The van der Waals surface area contributed by atoms with Gasteiger partial charge >= 0.3 is 0 Å². The third-order valence-electron chi connectivity index (χ3n) is 3.62. The van der Waals surface area contributed by atoms with Crippen molar-refractivity contribution in [3.8, 4) is 0 Å². The number of carbonyl (C=O) groups is 1. The van der Waals surface area contributed by atoms with E-state index in [4.69, 9.17) is 5.73 Å². The first-order valence-electron chi connectivity index (χ1n) is 7.23. The van der Waals surface area contributed by atoms with Crippen LogP contribution >= 0.6 is 0 Å². The third-order valence-corrected chi connectivity index (χ3v) is 3.62. The molecule has 0 bridgehead atoms. The van der Waals surface area contributed by atoms with Crippen molar-refractivity contribution in [1.82, 2.24) is 20.3 Å². The zero-order valence-corrected chi connectivity index (χ0v) is 12.1. The second kappa shape index (κ2) is 6.48. The van der Waals surface area contributed by atoms with Crippen LogP contribution in [0.2, 0.25) is 0 Å². The zero-order valence-electron chi connectivity index (χ0n) is 12.1. The van der Waals surface area contributed by atoms with Gasteiger partial charge in [-0.25, -0.2) is 0 Å². The lowest BCUT2D eigenvalue weighted by Crippen LogP contribution is -2.25. The lowest BCUT2D eigenvalue weighted by atomic mass is 10.1. The summed E-state index contributed by atoms with van der Waals surface area (Å²) in [7, 11) is 0. The van der Waals surface area contributed by atoms with Crippen molar-refractivity contribution in [1.29, 1.82) is 0 Å². The average molecular weight is 298 g/mol. The van der Waals surface area contributed by atoms with Gasteiger partial charge in [-0.3, -0.25) is 19.7 Å².